The summed E-state index contributed by atoms with van der Waals surface area (Å²) in [5, 5.41) is 2.47. The van der Waals surface area contributed by atoms with Crippen molar-refractivity contribution in [2.45, 2.75) is 30.5 Å². The number of pyridine rings is 1. The monoisotopic (exact) mass is 415 g/mol. The number of aryl methyl sites for hydroxylation is 1. The number of carbonyl (C=O) groups is 1. The van der Waals surface area contributed by atoms with Crippen molar-refractivity contribution in [1.82, 2.24) is 9.55 Å². The SMILES string of the molecule is C[C@H](N)/C=C\c1c(S(=O)[O-])cn(C)c1C(=O)Nc1ccnc(CC(F)(F)F)c1. The maximum atomic E-state index is 12.7. The Bertz CT molecular complexity index is 923. The zero-order valence-corrected chi connectivity index (χ0v) is 15.8. The maximum Gasteiger partial charge on any atom is 0.394 e. The van der Waals surface area contributed by atoms with Crippen LogP contribution in [0, 0.1) is 0 Å². The largest absolute Gasteiger partial charge is 0.768 e. The fourth-order valence-electron chi connectivity index (χ4n) is 2.49. The molecule has 28 heavy (non-hydrogen) atoms. The van der Waals surface area contributed by atoms with Crippen molar-refractivity contribution in [3.63, 3.8) is 0 Å². The van der Waals surface area contributed by atoms with Gasteiger partial charge >= 0.3 is 6.18 Å². The molecule has 0 radical (unpaired) electrons. The Morgan fingerprint density at radius 1 is 1.50 bits per heavy atom. The molecule has 2 aromatic heterocycles. The Morgan fingerprint density at radius 3 is 2.75 bits per heavy atom. The van der Waals surface area contributed by atoms with Gasteiger partial charge in [0.2, 0.25) is 0 Å². The third kappa shape index (κ3) is 5.75. The van der Waals surface area contributed by atoms with Crippen LogP contribution in [0.5, 0.6) is 0 Å². The first-order chi connectivity index (χ1) is 13.0. The third-order valence-electron chi connectivity index (χ3n) is 3.60. The molecule has 0 aliphatic carbocycles. The van der Waals surface area contributed by atoms with Gasteiger partial charge in [0.05, 0.1) is 17.0 Å². The summed E-state index contributed by atoms with van der Waals surface area (Å²) in [5.74, 6) is -0.687. The van der Waals surface area contributed by atoms with Crippen molar-refractivity contribution in [3.8, 4) is 0 Å². The topological polar surface area (TPSA) is 113 Å². The molecule has 152 valence electrons. The summed E-state index contributed by atoms with van der Waals surface area (Å²) >= 11 is -2.60. The lowest BCUT2D eigenvalue weighted by Gasteiger charge is -2.10. The van der Waals surface area contributed by atoms with Crippen molar-refractivity contribution in [2.75, 3.05) is 5.32 Å². The molecule has 0 saturated heterocycles. The van der Waals surface area contributed by atoms with E-state index < -0.39 is 29.6 Å². The van der Waals surface area contributed by atoms with Gasteiger partial charge in [-0.1, -0.05) is 12.2 Å². The quantitative estimate of drug-likeness (QED) is 0.704. The lowest BCUT2D eigenvalue weighted by atomic mass is 10.1. The molecule has 0 bridgehead atoms. The molecule has 2 rings (SSSR count). The van der Waals surface area contributed by atoms with Crippen LogP contribution < -0.4 is 11.1 Å². The van der Waals surface area contributed by atoms with E-state index in [1.54, 1.807) is 6.92 Å². The molecule has 2 atom stereocenters. The molecule has 7 nitrogen and oxygen atoms in total. The summed E-state index contributed by atoms with van der Waals surface area (Å²) < 4.78 is 61.8. The summed E-state index contributed by atoms with van der Waals surface area (Å²) in [5.41, 5.74) is 5.65. The normalized spacial score (nSPS) is 14.2. The minimum Gasteiger partial charge on any atom is -0.768 e. The number of amides is 1. The Balaban J connectivity index is 2.37. The Labute approximate surface area is 161 Å². The number of anilines is 1. The van der Waals surface area contributed by atoms with Crippen molar-refractivity contribution in [3.05, 3.63) is 47.6 Å². The van der Waals surface area contributed by atoms with Gasteiger partial charge in [0.1, 0.15) is 5.69 Å². The van der Waals surface area contributed by atoms with Gasteiger partial charge in [0.25, 0.3) is 5.91 Å². The van der Waals surface area contributed by atoms with Crippen molar-refractivity contribution in [1.29, 1.82) is 0 Å². The highest BCUT2D eigenvalue weighted by Crippen LogP contribution is 2.24. The third-order valence-corrected chi connectivity index (χ3v) is 4.29. The molecule has 0 aromatic carbocycles. The first-order valence-corrected chi connectivity index (χ1v) is 9.11. The van der Waals surface area contributed by atoms with E-state index in [9.17, 15) is 26.7 Å². The van der Waals surface area contributed by atoms with Crippen LogP contribution in [0.1, 0.15) is 28.7 Å². The van der Waals surface area contributed by atoms with Crippen LogP contribution in [0.2, 0.25) is 0 Å². The lowest BCUT2D eigenvalue weighted by molar-refractivity contribution is -0.127. The van der Waals surface area contributed by atoms with Gasteiger partial charge in [-0.05, 0) is 30.1 Å². The molecule has 0 spiro atoms. The predicted octanol–water partition coefficient (Wildman–Crippen LogP) is 2.38. The van der Waals surface area contributed by atoms with E-state index in [4.69, 9.17) is 5.73 Å². The number of nitrogens with one attached hydrogen (secondary N) is 1. The molecule has 3 N–H and O–H groups in total. The van der Waals surface area contributed by atoms with Crippen LogP contribution in [-0.2, 0) is 24.5 Å². The summed E-state index contributed by atoms with van der Waals surface area (Å²) in [7, 11) is 1.48. The number of alkyl halides is 3. The average Bonchev–Trinajstić information content (AvgIpc) is 2.88. The van der Waals surface area contributed by atoms with Gasteiger partial charge in [0, 0.05) is 36.7 Å². The number of hydrogen-bond donors (Lipinski definition) is 2. The number of halogens is 3. The van der Waals surface area contributed by atoms with E-state index in [1.165, 1.54) is 36.0 Å². The molecule has 0 aliphatic rings. The number of aromatic nitrogens is 2. The van der Waals surface area contributed by atoms with Crippen LogP contribution in [0.4, 0.5) is 18.9 Å². The standard InChI is InChI=1S/C17H19F3N4O3S/c1-10(21)3-4-13-14(28(26)27)9-24(2)15(13)16(25)23-11-5-6-22-12(7-11)8-17(18,19)20/h3-7,9-10H,8,21H2,1-2H3,(H,26,27)(H,22,23,25)/p-1/b4-3-/t10-/m0/s1. The molecule has 11 heteroatoms. The van der Waals surface area contributed by atoms with E-state index >= 15 is 0 Å². The van der Waals surface area contributed by atoms with Gasteiger partial charge in [-0.3, -0.25) is 14.0 Å². The fraction of sp³-hybridized carbons (Fsp3) is 0.294. The van der Waals surface area contributed by atoms with Crippen LogP contribution in [0.3, 0.4) is 0 Å². The molecule has 0 fully saturated rings. The summed E-state index contributed by atoms with van der Waals surface area (Å²) in [6.07, 6.45) is -0.305. The number of carbonyl (C=O) groups excluding carboxylic acids is 1. The van der Waals surface area contributed by atoms with Crippen LogP contribution in [0.25, 0.3) is 6.08 Å². The predicted molar refractivity (Wildman–Crippen MR) is 97.2 cm³/mol. The fourth-order valence-corrected chi connectivity index (χ4v) is 3.08. The van der Waals surface area contributed by atoms with Crippen LogP contribution >= 0.6 is 0 Å². The number of rotatable bonds is 6. The van der Waals surface area contributed by atoms with E-state index in [2.05, 4.69) is 10.3 Å². The summed E-state index contributed by atoms with van der Waals surface area (Å²) in [6, 6.07) is 2.07. The molecule has 0 aliphatic heterocycles. The number of nitrogens with zero attached hydrogens (tertiary/aromatic N) is 2. The summed E-state index contributed by atoms with van der Waals surface area (Å²) in [6.45, 7) is 1.67. The second-order valence-electron chi connectivity index (χ2n) is 6.10. The molecule has 1 unspecified atom stereocenters. The molecular formula is C17H18F3N4O3S-. The first-order valence-electron chi connectivity index (χ1n) is 8.03. The van der Waals surface area contributed by atoms with E-state index in [0.29, 0.717) is 0 Å². The van der Waals surface area contributed by atoms with Gasteiger partial charge in [-0.2, -0.15) is 13.2 Å². The van der Waals surface area contributed by atoms with Crippen LogP contribution in [0.15, 0.2) is 35.5 Å². The molecular weight excluding hydrogens is 397 g/mol. The minimum absolute atomic E-state index is 0.0188. The van der Waals surface area contributed by atoms with E-state index in [0.717, 1.165) is 12.3 Å². The molecule has 2 aromatic rings. The Morgan fingerprint density at radius 2 is 2.18 bits per heavy atom. The highest BCUT2D eigenvalue weighted by molar-refractivity contribution is 7.79. The zero-order valence-electron chi connectivity index (χ0n) is 15.0. The highest BCUT2D eigenvalue weighted by Gasteiger charge is 2.28. The van der Waals surface area contributed by atoms with Crippen molar-refractivity contribution in [2.24, 2.45) is 12.8 Å². The van der Waals surface area contributed by atoms with Gasteiger partial charge in [-0.15, -0.1) is 0 Å². The Hall–Kier alpha value is -2.50. The van der Waals surface area contributed by atoms with Gasteiger partial charge in [0.15, 0.2) is 0 Å². The maximum absolute atomic E-state index is 12.7. The number of nitrogens with two attached hydrogens (primary N) is 1. The van der Waals surface area contributed by atoms with E-state index in [1.807, 2.05) is 0 Å². The Kier molecular flexibility index (Phi) is 6.75. The first kappa shape index (κ1) is 21.8. The van der Waals surface area contributed by atoms with Crippen LogP contribution in [-0.4, -0.2) is 36.4 Å². The average molecular weight is 415 g/mol. The van der Waals surface area contributed by atoms with Gasteiger partial charge in [-0.25, -0.2) is 0 Å². The minimum atomic E-state index is -4.43. The highest BCUT2D eigenvalue weighted by atomic mass is 32.2. The lowest BCUT2D eigenvalue weighted by Crippen LogP contribution is -2.18. The second kappa shape index (κ2) is 8.67. The summed E-state index contributed by atoms with van der Waals surface area (Å²) in [4.78, 5) is 16.2. The number of hydrogen-bond acceptors (Lipinski definition) is 5. The van der Waals surface area contributed by atoms with Crippen molar-refractivity contribution < 1.29 is 26.7 Å². The molecule has 0 saturated carbocycles. The molecule has 2 heterocycles. The van der Waals surface area contributed by atoms with Crippen molar-refractivity contribution >= 4 is 28.8 Å². The smallest absolute Gasteiger partial charge is 0.394 e. The van der Waals surface area contributed by atoms with Gasteiger partial charge < -0.3 is 20.2 Å². The van der Waals surface area contributed by atoms with E-state index in [-0.39, 0.29) is 33.6 Å². The zero-order chi connectivity index (χ0) is 21.1. The second-order valence-corrected chi connectivity index (χ2v) is 7.01. The molecule has 1 amide bonds.